The van der Waals surface area contributed by atoms with Crippen molar-refractivity contribution in [2.75, 3.05) is 17.2 Å². The highest BCUT2D eigenvalue weighted by Crippen LogP contribution is 2.22. The van der Waals surface area contributed by atoms with Crippen LogP contribution in [0.5, 0.6) is 0 Å². The molecule has 3 aromatic rings. The second kappa shape index (κ2) is 5.70. The predicted octanol–water partition coefficient (Wildman–Crippen LogP) is 3.34. The molecule has 0 aliphatic heterocycles. The minimum Gasteiger partial charge on any atom is -0.354 e. The number of pyridine rings is 1. The van der Waals surface area contributed by atoms with E-state index in [2.05, 4.69) is 25.6 Å². The standard InChI is InChI=1S/C15H14FN5/c1-2-17-15-19-9-12(16)14(21-15)20-11-5-6-13-10(8-11)4-3-7-18-13/h3-9H,2H2,1H3,(H2,17,19,20,21). The van der Waals surface area contributed by atoms with Crippen LogP contribution in [-0.2, 0) is 0 Å². The highest BCUT2D eigenvalue weighted by molar-refractivity contribution is 5.83. The lowest BCUT2D eigenvalue weighted by Gasteiger charge is -2.09. The van der Waals surface area contributed by atoms with Crippen molar-refractivity contribution in [3.8, 4) is 0 Å². The smallest absolute Gasteiger partial charge is 0.224 e. The number of nitrogens with one attached hydrogen (secondary N) is 2. The van der Waals surface area contributed by atoms with Crippen molar-refractivity contribution in [2.45, 2.75) is 6.92 Å². The summed E-state index contributed by atoms with van der Waals surface area (Å²) in [6.07, 6.45) is 2.89. The van der Waals surface area contributed by atoms with E-state index in [9.17, 15) is 4.39 Å². The van der Waals surface area contributed by atoms with Gasteiger partial charge in [0.05, 0.1) is 11.7 Å². The van der Waals surface area contributed by atoms with E-state index < -0.39 is 5.82 Å². The Morgan fingerprint density at radius 1 is 1.19 bits per heavy atom. The van der Waals surface area contributed by atoms with Gasteiger partial charge in [0.15, 0.2) is 11.6 Å². The van der Waals surface area contributed by atoms with E-state index in [-0.39, 0.29) is 5.82 Å². The Morgan fingerprint density at radius 2 is 2.10 bits per heavy atom. The first-order chi connectivity index (χ1) is 10.3. The molecule has 0 radical (unpaired) electrons. The van der Waals surface area contributed by atoms with Gasteiger partial charge < -0.3 is 10.6 Å². The summed E-state index contributed by atoms with van der Waals surface area (Å²) >= 11 is 0. The number of halogens is 1. The van der Waals surface area contributed by atoms with E-state index >= 15 is 0 Å². The number of fused-ring (bicyclic) bond motifs is 1. The molecule has 5 nitrogen and oxygen atoms in total. The Kier molecular flexibility index (Phi) is 3.59. The minimum absolute atomic E-state index is 0.143. The summed E-state index contributed by atoms with van der Waals surface area (Å²) in [5.74, 6) is 0.0379. The van der Waals surface area contributed by atoms with E-state index in [4.69, 9.17) is 0 Å². The number of benzene rings is 1. The lowest BCUT2D eigenvalue weighted by Crippen LogP contribution is -2.05. The normalized spacial score (nSPS) is 10.6. The molecule has 0 amide bonds. The van der Waals surface area contributed by atoms with Crippen molar-refractivity contribution in [3.63, 3.8) is 0 Å². The highest BCUT2D eigenvalue weighted by atomic mass is 19.1. The van der Waals surface area contributed by atoms with Crippen molar-refractivity contribution < 1.29 is 4.39 Å². The molecule has 0 spiro atoms. The SMILES string of the molecule is CCNc1ncc(F)c(Nc2ccc3ncccc3c2)n1. The van der Waals surface area contributed by atoms with Crippen LogP contribution >= 0.6 is 0 Å². The summed E-state index contributed by atoms with van der Waals surface area (Å²) in [7, 11) is 0. The van der Waals surface area contributed by atoms with Crippen LogP contribution < -0.4 is 10.6 Å². The molecule has 2 N–H and O–H groups in total. The van der Waals surface area contributed by atoms with Crippen LogP contribution in [0.4, 0.5) is 21.8 Å². The minimum atomic E-state index is -0.497. The molecule has 0 saturated heterocycles. The molecular formula is C15H14FN5. The summed E-state index contributed by atoms with van der Waals surface area (Å²) in [6, 6.07) is 9.43. The summed E-state index contributed by atoms with van der Waals surface area (Å²) in [4.78, 5) is 12.2. The van der Waals surface area contributed by atoms with Crippen LogP contribution in [0.25, 0.3) is 10.9 Å². The van der Waals surface area contributed by atoms with Crippen LogP contribution in [0.15, 0.2) is 42.7 Å². The zero-order valence-corrected chi connectivity index (χ0v) is 11.5. The number of hydrogen-bond acceptors (Lipinski definition) is 5. The lowest BCUT2D eigenvalue weighted by atomic mass is 10.2. The van der Waals surface area contributed by atoms with Crippen LogP contribution in [0.2, 0.25) is 0 Å². The Balaban J connectivity index is 1.92. The molecule has 2 heterocycles. The third-order valence-electron chi connectivity index (χ3n) is 2.94. The van der Waals surface area contributed by atoms with E-state index in [1.807, 2.05) is 37.3 Å². The Bertz CT molecular complexity index is 775. The van der Waals surface area contributed by atoms with Gasteiger partial charge in [-0.3, -0.25) is 4.98 Å². The number of nitrogens with zero attached hydrogens (tertiary/aromatic N) is 3. The van der Waals surface area contributed by atoms with E-state index in [1.165, 1.54) is 0 Å². The highest BCUT2D eigenvalue weighted by Gasteiger charge is 2.07. The molecule has 6 heteroatoms. The third-order valence-corrected chi connectivity index (χ3v) is 2.94. The zero-order valence-electron chi connectivity index (χ0n) is 11.5. The van der Waals surface area contributed by atoms with Crippen LogP contribution in [0.3, 0.4) is 0 Å². The van der Waals surface area contributed by atoms with E-state index in [0.29, 0.717) is 12.5 Å². The molecule has 0 unspecified atom stereocenters. The van der Waals surface area contributed by atoms with Gasteiger partial charge >= 0.3 is 0 Å². The number of aromatic nitrogens is 3. The molecule has 106 valence electrons. The van der Waals surface area contributed by atoms with Crippen LogP contribution in [0, 0.1) is 5.82 Å². The first-order valence-corrected chi connectivity index (χ1v) is 6.64. The Hall–Kier alpha value is -2.76. The maximum Gasteiger partial charge on any atom is 0.224 e. The monoisotopic (exact) mass is 283 g/mol. The topological polar surface area (TPSA) is 62.7 Å². The molecule has 3 rings (SSSR count). The maximum absolute atomic E-state index is 13.8. The van der Waals surface area contributed by atoms with Crippen molar-refractivity contribution >= 4 is 28.4 Å². The fraction of sp³-hybridized carbons (Fsp3) is 0.133. The van der Waals surface area contributed by atoms with Gasteiger partial charge in [-0.05, 0) is 31.2 Å². The lowest BCUT2D eigenvalue weighted by molar-refractivity contribution is 0.619. The van der Waals surface area contributed by atoms with Crippen molar-refractivity contribution in [1.82, 2.24) is 15.0 Å². The third kappa shape index (κ3) is 2.89. The molecule has 0 atom stereocenters. The van der Waals surface area contributed by atoms with Gasteiger partial charge in [-0.15, -0.1) is 0 Å². The molecule has 2 aromatic heterocycles. The molecule has 0 aliphatic carbocycles. The molecule has 0 saturated carbocycles. The van der Waals surface area contributed by atoms with Gasteiger partial charge in [-0.25, -0.2) is 9.37 Å². The summed E-state index contributed by atoms with van der Waals surface area (Å²) in [6.45, 7) is 2.60. The second-order valence-corrected chi connectivity index (χ2v) is 4.46. The average molecular weight is 283 g/mol. The van der Waals surface area contributed by atoms with Gasteiger partial charge in [0.2, 0.25) is 5.95 Å². The quantitative estimate of drug-likeness (QED) is 0.769. The second-order valence-electron chi connectivity index (χ2n) is 4.46. The van der Waals surface area contributed by atoms with Crippen molar-refractivity contribution in [3.05, 3.63) is 48.5 Å². The van der Waals surface area contributed by atoms with Gasteiger partial charge in [0.1, 0.15) is 0 Å². The molecule has 0 aliphatic rings. The predicted molar refractivity (Wildman–Crippen MR) is 81.2 cm³/mol. The largest absolute Gasteiger partial charge is 0.354 e. The Morgan fingerprint density at radius 3 is 2.95 bits per heavy atom. The fourth-order valence-corrected chi connectivity index (χ4v) is 1.99. The van der Waals surface area contributed by atoms with Gasteiger partial charge in [0.25, 0.3) is 0 Å². The summed E-state index contributed by atoms with van der Waals surface area (Å²) in [5.41, 5.74) is 1.63. The van der Waals surface area contributed by atoms with E-state index in [1.54, 1.807) is 6.20 Å². The molecule has 0 bridgehead atoms. The maximum atomic E-state index is 13.8. The fourth-order valence-electron chi connectivity index (χ4n) is 1.99. The number of hydrogen-bond donors (Lipinski definition) is 2. The van der Waals surface area contributed by atoms with Gasteiger partial charge in [0, 0.05) is 23.8 Å². The molecule has 0 fully saturated rings. The first kappa shape index (κ1) is 13.2. The van der Waals surface area contributed by atoms with E-state index in [0.717, 1.165) is 22.8 Å². The van der Waals surface area contributed by atoms with Crippen molar-refractivity contribution in [1.29, 1.82) is 0 Å². The zero-order chi connectivity index (χ0) is 14.7. The van der Waals surface area contributed by atoms with Gasteiger partial charge in [-0.1, -0.05) is 6.07 Å². The first-order valence-electron chi connectivity index (χ1n) is 6.64. The van der Waals surface area contributed by atoms with Gasteiger partial charge in [-0.2, -0.15) is 4.98 Å². The Labute approximate surface area is 121 Å². The van der Waals surface area contributed by atoms with Crippen LogP contribution in [0.1, 0.15) is 6.92 Å². The summed E-state index contributed by atoms with van der Waals surface area (Å²) in [5, 5.41) is 6.90. The molecular weight excluding hydrogens is 269 g/mol. The molecule has 21 heavy (non-hydrogen) atoms. The number of rotatable bonds is 4. The summed E-state index contributed by atoms with van der Waals surface area (Å²) < 4.78 is 13.8. The molecule has 1 aromatic carbocycles. The van der Waals surface area contributed by atoms with Crippen molar-refractivity contribution in [2.24, 2.45) is 0 Å². The average Bonchev–Trinajstić information content (AvgIpc) is 2.51. The van der Waals surface area contributed by atoms with Crippen LogP contribution in [-0.4, -0.2) is 21.5 Å². The number of anilines is 3.